The van der Waals surface area contributed by atoms with E-state index < -0.39 is 5.97 Å². The number of hydrogen-bond donors (Lipinski definition) is 2. The van der Waals surface area contributed by atoms with E-state index in [4.69, 9.17) is 5.73 Å². The number of pyridine rings is 1. The molecule has 2 heterocycles. The first-order chi connectivity index (χ1) is 11.7. The zero-order chi connectivity index (χ0) is 16.9. The number of esters is 1. The Balaban J connectivity index is 1.91. The quantitative estimate of drug-likeness (QED) is 0.701. The van der Waals surface area contributed by atoms with Crippen molar-refractivity contribution in [3.8, 4) is 11.4 Å². The van der Waals surface area contributed by atoms with Crippen LogP contribution in [0.15, 0.2) is 48.7 Å². The third kappa shape index (κ3) is 3.43. The van der Waals surface area contributed by atoms with Crippen molar-refractivity contribution in [1.82, 2.24) is 19.9 Å². The van der Waals surface area contributed by atoms with E-state index in [1.807, 2.05) is 30.3 Å². The lowest BCUT2D eigenvalue weighted by molar-refractivity contribution is 0.0594. The molecule has 0 aliphatic carbocycles. The molecule has 120 valence electrons. The number of nitrogens with one attached hydrogen (secondary N) is 1. The van der Waals surface area contributed by atoms with Crippen LogP contribution in [-0.4, -0.2) is 33.0 Å². The average Bonchev–Trinajstić information content (AvgIpc) is 2.61. The van der Waals surface area contributed by atoms with Gasteiger partial charge >= 0.3 is 5.97 Å². The van der Waals surface area contributed by atoms with Gasteiger partial charge < -0.3 is 15.8 Å². The summed E-state index contributed by atoms with van der Waals surface area (Å²) < 4.78 is 4.65. The number of nitrogens with two attached hydrogens (primary N) is 1. The van der Waals surface area contributed by atoms with Crippen LogP contribution < -0.4 is 11.1 Å². The van der Waals surface area contributed by atoms with Crippen molar-refractivity contribution in [3.63, 3.8) is 0 Å². The predicted octanol–water partition coefficient (Wildman–Crippen LogP) is 2.05. The van der Waals surface area contributed by atoms with Gasteiger partial charge in [-0.05, 0) is 12.1 Å². The van der Waals surface area contributed by atoms with Gasteiger partial charge in [-0.2, -0.15) is 15.0 Å². The number of methoxy groups -OCH3 is 1. The maximum Gasteiger partial charge on any atom is 0.356 e. The standard InChI is InChI=1S/C16H14N6O2/c1-24-14(23)12-9-11(7-8-18-12)19-16-21-13(20-15(17)22-16)10-5-3-2-4-6-10/h2-9H,1H3,(H3,17,18,19,20,21,22). The Morgan fingerprint density at radius 1 is 1.12 bits per heavy atom. The Labute approximate surface area is 137 Å². The largest absolute Gasteiger partial charge is 0.464 e. The molecule has 1 aromatic carbocycles. The van der Waals surface area contributed by atoms with Crippen molar-refractivity contribution in [2.24, 2.45) is 0 Å². The van der Waals surface area contributed by atoms with Gasteiger partial charge in [0, 0.05) is 17.4 Å². The molecule has 0 radical (unpaired) electrons. The summed E-state index contributed by atoms with van der Waals surface area (Å²) in [6, 6.07) is 12.6. The van der Waals surface area contributed by atoms with E-state index in [-0.39, 0.29) is 17.6 Å². The molecule has 3 aromatic rings. The summed E-state index contributed by atoms with van der Waals surface area (Å²) in [6.45, 7) is 0. The fourth-order valence-electron chi connectivity index (χ4n) is 2.02. The second kappa shape index (κ2) is 6.69. The average molecular weight is 322 g/mol. The van der Waals surface area contributed by atoms with Gasteiger partial charge in [-0.15, -0.1) is 0 Å². The minimum absolute atomic E-state index is 0.0913. The van der Waals surface area contributed by atoms with Gasteiger partial charge in [-0.3, -0.25) is 0 Å². The number of carbonyl (C=O) groups excluding carboxylic acids is 1. The van der Waals surface area contributed by atoms with Gasteiger partial charge in [0.15, 0.2) is 5.82 Å². The van der Waals surface area contributed by atoms with Crippen molar-refractivity contribution in [1.29, 1.82) is 0 Å². The van der Waals surface area contributed by atoms with Crippen LogP contribution in [0.25, 0.3) is 11.4 Å². The lowest BCUT2D eigenvalue weighted by Crippen LogP contribution is -2.07. The molecule has 0 aliphatic rings. The molecule has 8 nitrogen and oxygen atoms in total. The summed E-state index contributed by atoms with van der Waals surface area (Å²) in [7, 11) is 1.29. The number of nitrogens with zero attached hydrogens (tertiary/aromatic N) is 4. The highest BCUT2D eigenvalue weighted by Gasteiger charge is 2.10. The normalized spacial score (nSPS) is 10.2. The smallest absolute Gasteiger partial charge is 0.356 e. The Kier molecular flexibility index (Phi) is 4.28. The summed E-state index contributed by atoms with van der Waals surface area (Å²) in [5.41, 5.74) is 7.33. The lowest BCUT2D eigenvalue weighted by Gasteiger charge is -2.08. The van der Waals surface area contributed by atoms with Crippen LogP contribution in [0.4, 0.5) is 17.6 Å². The molecular formula is C16H14N6O2. The van der Waals surface area contributed by atoms with Crippen LogP contribution in [0.1, 0.15) is 10.5 Å². The summed E-state index contributed by atoms with van der Waals surface area (Å²) in [5.74, 6) is 0.281. The molecule has 3 N–H and O–H groups in total. The first-order valence-electron chi connectivity index (χ1n) is 7.04. The van der Waals surface area contributed by atoms with E-state index in [1.54, 1.807) is 6.07 Å². The molecule has 24 heavy (non-hydrogen) atoms. The van der Waals surface area contributed by atoms with Crippen molar-refractivity contribution >= 4 is 23.6 Å². The summed E-state index contributed by atoms with van der Waals surface area (Å²) in [5, 5.41) is 2.98. The maximum atomic E-state index is 11.5. The molecule has 0 amide bonds. The zero-order valence-electron chi connectivity index (χ0n) is 12.8. The van der Waals surface area contributed by atoms with Gasteiger partial charge in [-0.25, -0.2) is 9.78 Å². The Morgan fingerprint density at radius 3 is 2.67 bits per heavy atom. The molecule has 0 fully saturated rings. The lowest BCUT2D eigenvalue weighted by atomic mass is 10.2. The Hall–Kier alpha value is -3.55. The van der Waals surface area contributed by atoms with Crippen LogP contribution in [0.2, 0.25) is 0 Å². The van der Waals surface area contributed by atoms with Crippen molar-refractivity contribution in [3.05, 3.63) is 54.4 Å². The molecule has 3 rings (SSSR count). The molecule has 0 aliphatic heterocycles. The minimum atomic E-state index is -0.529. The first kappa shape index (κ1) is 15.3. The highest BCUT2D eigenvalue weighted by Crippen LogP contribution is 2.19. The molecule has 0 spiro atoms. The number of aromatic nitrogens is 4. The number of carbonyl (C=O) groups is 1. The number of anilines is 3. The highest BCUT2D eigenvalue weighted by molar-refractivity contribution is 5.88. The SMILES string of the molecule is COC(=O)c1cc(Nc2nc(N)nc(-c3ccccc3)n2)ccn1. The second-order valence-corrected chi connectivity index (χ2v) is 4.75. The van der Waals surface area contributed by atoms with E-state index in [2.05, 4.69) is 30.0 Å². The fourth-order valence-corrected chi connectivity index (χ4v) is 2.02. The summed E-state index contributed by atoms with van der Waals surface area (Å²) in [6.07, 6.45) is 1.48. The molecule has 0 bridgehead atoms. The molecule has 2 aromatic heterocycles. The molecule has 0 saturated heterocycles. The van der Waals surface area contributed by atoms with Gasteiger partial charge in [0.1, 0.15) is 5.69 Å². The highest BCUT2D eigenvalue weighted by atomic mass is 16.5. The number of ether oxygens (including phenoxy) is 1. The Morgan fingerprint density at radius 2 is 1.92 bits per heavy atom. The molecule has 8 heteroatoms. The van der Waals surface area contributed by atoms with Crippen LogP contribution >= 0.6 is 0 Å². The van der Waals surface area contributed by atoms with Crippen LogP contribution in [-0.2, 0) is 4.74 Å². The summed E-state index contributed by atoms with van der Waals surface area (Å²) >= 11 is 0. The molecular weight excluding hydrogens is 308 g/mol. The van der Waals surface area contributed by atoms with Crippen LogP contribution in [0.3, 0.4) is 0 Å². The zero-order valence-corrected chi connectivity index (χ0v) is 12.8. The van der Waals surface area contributed by atoms with Crippen LogP contribution in [0.5, 0.6) is 0 Å². The third-order valence-electron chi connectivity index (χ3n) is 3.10. The minimum Gasteiger partial charge on any atom is -0.464 e. The van der Waals surface area contributed by atoms with E-state index in [0.29, 0.717) is 11.5 Å². The number of nitrogen functional groups attached to an aromatic ring is 1. The van der Waals surface area contributed by atoms with E-state index in [0.717, 1.165) is 5.56 Å². The van der Waals surface area contributed by atoms with Gasteiger partial charge in [0.2, 0.25) is 11.9 Å². The Bertz CT molecular complexity index is 869. The monoisotopic (exact) mass is 322 g/mol. The second-order valence-electron chi connectivity index (χ2n) is 4.75. The maximum absolute atomic E-state index is 11.5. The number of hydrogen-bond acceptors (Lipinski definition) is 8. The molecule has 0 atom stereocenters. The summed E-state index contributed by atoms with van der Waals surface area (Å²) in [4.78, 5) is 28.0. The van der Waals surface area contributed by atoms with Gasteiger partial charge in [-0.1, -0.05) is 30.3 Å². The fraction of sp³-hybridized carbons (Fsp3) is 0.0625. The number of benzene rings is 1. The molecule has 0 unspecified atom stereocenters. The number of rotatable bonds is 4. The van der Waals surface area contributed by atoms with Gasteiger partial charge in [0.05, 0.1) is 7.11 Å². The first-order valence-corrected chi connectivity index (χ1v) is 7.04. The van der Waals surface area contributed by atoms with Crippen LogP contribution in [0, 0.1) is 0 Å². The van der Waals surface area contributed by atoms with E-state index >= 15 is 0 Å². The third-order valence-corrected chi connectivity index (χ3v) is 3.10. The van der Waals surface area contributed by atoms with Crippen molar-refractivity contribution < 1.29 is 9.53 Å². The van der Waals surface area contributed by atoms with Crippen molar-refractivity contribution in [2.75, 3.05) is 18.2 Å². The van der Waals surface area contributed by atoms with Crippen molar-refractivity contribution in [2.45, 2.75) is 0 Å². The van der Waals surface area contributed by atoms with E-state index in [9.17, 15) is 4.79 Å². The predicted molar refractivity (Wildman–Crippen MR) is 88.5 cm³/mol. The molecule has 0 saturated carbocycles. The van der Waals surface area contributed by atoms with Gasteiger partial charge in [0.25, 0.3) is 0 Å². The topological polar surface area (TPSA) is 116 Å². The van der Waals surface area contributed by atoms with E-state index in [1.165, 1.54) is 19.4 Å².